The quantitative estimate of drug-likeness (QED) is 0.453. The molecule has 0 aliphatic heterocycles. The second kappa shape index (κ2) is 6.60. The zero-order chi connectivity index (χ0) is 14.5. The highest BCUT2D eigenvalue weighted by Crippen LogP contribution is 2.29. The van der Waals surface area contributed by atoms with Crippen molar-refractivity contribution in [3.05, 3.63) is 35.4 Å². The Hall–Kier alpha value is -1.50. The second-order valence-electron chi connectivity index (χ2n) is 3.71. The summed E-state index contributed by atoms with van der Waals surface area (Å²) in [6.45, 7) is -0.954. The van der Waals surface area contributed by atoms with Gasteiger partial charge in [-0.15, -0.1) is 0 Å². The van der Waals surface area contributed by atoms with Gasteiger partial charge in [-0.05, 0) is 12.1 Å². The lowest BCUT2D eigenvalue weighted by molar-refractivity contribution is -0.137. The minimum Gasteiger partial charge on any atom is -0.375 e. The summed E-state index contributed by atoms with van der Waals surface area (Å²) in [6.07, 6.45) is -7.22. The number of alkyl halides is 5. The molecule has 0 aromatic heterocycles. The van der Waals surface area contributed by atoms with Crippen LogP contribution < -0.4 is 0 Å². The number of carbonyl (C=O) groups is 1. The molecule has 1 rings (SSSR count). The molecule has 19 heavy (non-hydrogen) atoms. The van der Waals surface area contributed by atoms with Gasteiger partial charge in [-0.2, -0.15) is 13.2 Å². The predicted molar refractivity (Wildman–Crippen MR) is 57.2 cm³/mol. The van der Waals surface area contributed by atoms with E-state index in [1.54, 1.807) is 0 Å². The molecule has 0 fully saturated rings. The number of hydrogen-bond acceptors (Lipinski definition) is 2. The Kier molecular flexibility index (Phi) is 5.41. The SMILES string of the molecule is O=C(CCOCC(F)F)c1ccc(C(F)(F)F)cc1. The molecule has 0 spiro atoms. The Bertz CT molecular complexity index is 411. The molecule has 106 valence electrons. The van der Waals surface area contributed by atoms with Crippen LogP contribution in [0.1, 0.15) is 22.3 Å². The number of benzene rings is 1. The van der Waals surface area contributed by atoms with Gasteiger partial charge in [0.2, 0.25) is 0 Å². The van der Waals surface area contributed by atoms with Gasteiger partial charge in [0.25, 0.3) is 6.43 Å². The first-order valence-electron chi connectivity index (χ1n) is 5.37. The van der Waals surface area contributed by atoms with Crippen LogP contribution in [0.4, 0.5) is 22.0 Å². The second-order valence-corrected chi connectivity index (χ2v) is 3.71. The maximum absolute atomic E-state index is 12.3. The normalized spacial score (nSPS) is 11.9. The third-order valence-electron chi connectivity index (χ3n) is 2.25. The van der Waals surface area contributed by atoms with Crippen LogP contribution in [0.15, 0.2) is 24.3 Å². The molecule has 0 amide bonds. The van der Waals surface area contributed by atoms with Crippen LogP contribution in [-0.2, 0) is 10.9 Å². The van der Waals surface area contributed by atoms with Crippen molar-refractivity contribution < 1.29 is 31.5 Å². The van der Waals surface area contributed by atoms with Crippen LogP contribution in [-0.4, -0.2) is 25.4 Å². The zero-order valence-electron chi connectivity index (χ0n) is 9.71. The van der Waals surface area contributed by atoms with E-state index < -0.39 is 30.6 Å². The van der Waals surface area contributed by atoms with Crippen LogP contribution in [0, 0.1) is 0 Å². The zero-order valence-corrected chi connectivity index (χ0v) is 9.71. The number of carbonyl (C=O) groups excluding carboxylic acids is 1. The van der Waals surface area contributed by atoms with Gasteiger partial charge in [-0.25, -0.2) is 8.78 Å². The summed E-state index contributed by atoms with van der Waals surface area (Å²) >= 11 is 0. The average molecular weight is 282 g/mol. The Labute approximate surface area is 106 Å². The van der Waals surface area contributed by atoms with Gasteiger partial charge in [-0.3, -0.25) is 4.79 Å². The first-order chi connectivity index (χ1) is 8.80. The molecule has 1 aromatic rings. The van der Waals surface area contributed by atoms with Crippen LogP contribution >= 0.6 is 0 Å². The van der Waals surface area contributed by atoms with Crippen molar-refractivity contribution in [1.82, 2.24) is 0 Å². The van der Waals surface area contributed by atoms with Gasteiger partial charge in [0, 0.05) is 12.0 Å². The largest absolute Gasteiger partial charge is 0.416 e. The number of ether oxygens (including phenoxy) is 1. The van der Waals surface area contributed by atoms with Gasteiger partial charge in [-0.1, -0.05) is 12.1 Å². The molecule has 0 saturated heterocycles. The van der Waals surface area contributed by atoms with Gasteiger partial charge in [0.05, 0.1) is 12.2 Å². The van der Waals surface area contributed by atoms with Crippen LogP contribution in [0.2, 0.25) is 0 Å². The number of rotatable bonds is 6. The number of hydrogen-bond donors (Lipinski definition) is 0. The lowest BCUT2D eigenvalue weighted by Crippen LogP contribution is -2.10. The fourth-order valence-electron chi connectivity index (χ4n) is 1.33. The van der Waals surface area contributed by atoms with E-state index in [0.29, 0.717) is 0 Å². The van der Waals surface area contributed by atoms with Crippen LogP contribution in [0.3, 0.4) is 0 Å². The highest BCUT2D eigenvalue weighted by molar-refractivity contribution is 5.96. The topological polar surface area (TPSA) is 26.3 Å². The fraction of sp³-hybridized carbons (Fsp3) is 0.417. The average Bonchev–Trinajstić information content (AvgIpc) is 2.33. The molecule has 0 radical (unpaired) electrons. The van der Waals surface area contributed by atoms with E-state index in [-0.39, 0.29) is 18.6 Å². The van der Waals surface area contributed by atoms with Crippen molar-refractivity contribution >= 4 is 5.78 Å². The lowest BCUT2D eigenvalue weighted by Gasteiger charge is -2.07. The molecule has 0 unspecified atom stereocenters. The van der Waals surface area contributed by atoms with Gasteiger partial charge in [0.1, 0.15) is 6.61 Å². The molecule has 0 saturated carbocycles. The molecule has 0 bridgehead atoms. The maximum atomic E-state index is 12.3. The van der Waals surface area contributed by atoms with E-state index in [2.05, 4.69) is 4.74 Å². The van der Waals surface area contributed by atoms with E-state index in [0.717, 1.165) is 24.3 Å². The molecular formula is C12H11F5O2. The summed E-state index contributed by atoms with van der Waals surface area (Å²) in [5.41, 5.74) is -0.758. The minimum atomic E-state index is -4.46. The number of halogens is 5. The summed E-state index contributed by atoms with van der Waals surface area (Å²) in [6, 6.07) is 3.71. The molecular weight excluding hydrogens is 271 g/mol. The molecule has 2 nitrogen and oxygen atoms in total. The molecule has 0 N–H and O–H groups in total. The third-order valence-corrected chi connectivity index (χ3v) is 2.25. The van der Waals surface area contributed by atoms with Crippen LogP contribution in [0.5, 0.6) is 0 Å². The first kappa shape index (κ1) is 15.6. The molecule has 0 atom stereocenters. The monoisotopic (exact) mass is 282 g/mol. The third kappa shape index (κ3) is 5.34. The summed E-state index contributed by atoms with van der Waals surface area (Å²) in [5, 5.41) is 0. The summed E-state index contributed by atoms with van der Waals surface area (Å²) in [4.78, 5) is 11.5. The first-order valence-corrected chi connectivity index (χ1v) is 5.37. The van der Waals surface area contributed by atoms with Crippen molar-refractivity contribution in [3.8, 4) is 0 Å². The van der Waals surface area contributed by atoms with E-state index in [9.17, 15) is 26.7 Å². The summed E-state index contributed by atoms with van der Waals surface area (Å²) < 4.78 is 64.8. The summed E-state index contributed by atoms with van der Waals surface area (Å²) in [5.74, 6) is -0.456. The maximum Gasteiger partial charge on any atom is 0.416 e. The lowest BCUT2D eigenvalue weighted by atomic mass is 10.1. The van der Waals surface area contributed by atoms with E-state index >= 15 is 0 Å². The van der Waals surface area contributed by atoms with Gasteiger partial charge < -0.3 is 4.74 Å². The van der Waals surface area contributed by atoms with Gasteiger partial charge >= 0.3 is 6.18 Å². The summed E-state index contributed by atoms with van der Waals surface area (Å²) in [7, 11) is 0. The highest BCUT2D eigenvalue weighted by Gasteiger charge is 2.30. The smallest absolute Gasteiger partial charge is 0.375 e. The molecule has 0 heterocycles. The van der Waals surface area contributed by atoms with Crippen molar-refractivity contribution in [2.24, 2.45) is 0 Å². The van der Waals surface area contributed by atoms with Crippen molar-refractivity contribution in [2.45, 2.75) is 19.0 Å². The van der Waals surface area contributed by atoms with Crippen molar-refractivity contribution in [2.75, 3.05) is 13.2 Å². The molecule has 0 aliphatic rings. The van der Waals surface area contributed by atoms with Crippen molar-refractivity contribution in [3.63, 3.8) is 0 Å². The van der Waals surface area contributed by atoms with Crippen molar-refractivity contribution in [1.29, 1.82) is 0 Å². The molecule has 0 aliphatic carbocycles. The molecule has 1 aromatic carbocycles. The Balaban J connectivity index is 2.49. The Morgan fingerprint density at radius 3 is 2.21 bits per heavy atom. The number of ketones is 1. The van der Waals surface area contributed by atoms with E-state index in [1.165, 1.54) is 0 Å². The Morgan fingerprint density at radius 1 is 1.16 bits per heavy atom. The number of Topliss-reactive ketones (excluding diaryl/α,β-unsaturated/α-hetero) is 1. The predicted octanol–water partition coefficient (Wildman–Crippen LogP) is 3.56. The highest BCUT2D eigenvalue weighted by atomic mass is 19.4. The van der Waals surface area contributed by atoms with E-state index in [4.69, 9.17) is 0 Å². The Morgan fingerprint density at radius 2 is 1.74 bits per heavy atom. The standard InChI is InChI=1S/C12H11F5O2/c13-11(14)7-19-6-5-10(18)8-1-3-9(4-2-8)12(15,16)17/h1-4,11H,5-7H2. The van der Waals surface area contributed by atoms with E-state index in [1.807, 2.05) is 0 Å². The minimum absolute atomic E-state index is 0.0913. The van der Waals surface area contributed by atoms with Gasteiger partial charge in [0.15, 0.2) is 5.78 Å². The molecule has 7 heteroatoms. The van der Waals surface area contributed by atoms with Crippen LogP contribution in [0.25, 0.3) is 0 Å². The fourth-order valence-corrected chi connectivity index (χ4v) is 1.33.